The van der Waals surface area contributed by atoms with Gasteiger partial charge in [0.05, 0.1) is 14.2 Å². The highest BCUT2D eigenvalue weighted by atomic mass is 19.4. The molecule has 0 fully saturated rings. The van der Waals surface area contributed by atoms with Gasteiger partial charge < -0.3 is 14.8 Å². The van der Waals surface area contributed by atoms with Crippen molar-refractivity contribution in [3.8, 4) is 11.5 Å². The average molecular weight is 451 g/mol. The highest BCUT2D eigenvalue weighted by Gasteiger charge is 2.36. The maximum Gasteiger partial charge on any atom is 0.453 e. The number of benzene rings is 1. The Bertz CT molecular complexity index is 1130. The predicted molar refractivity (Wildman–Crippen MR) is 110 cm³/mol. The summed E-state index contributed by atoms with van der Waals surface area (Å²) in [6.45, 7) is 3.75. The largest absolute Gasteiger partial charge is 0.493 e. The number of aromatic nitrogens is 4. The van der Waals surface area contributed by atoms with E-state index in [4.69, 9.17) is 9.47 Å². The second-order valence-corrected chi connectivity index (χ2v) is 7.20. The molecule has 0 saturated carbocycles. The van der Waals surface area contributed by atoms with Crippen LogP contribution in [-0.4, -0.2) is 46.3 Å². The number of alkyl halides is 3. The summed E-state index contributed by atoms with van der Waals surface area (Å²) in [5.74, 6) is -0.273. The molecule has 0 aliphatic rings. The number of hydrogen-bond donors (Lipinski definition) is 1. The number of amides is 1. The standard InChI is InChI=1S/C21H24F3N5O3/c1-12-15(13(2)29-20(26-12)27-19(28-29)21(22,23)24)6-8-18(30)25-10-9-14-5-7-16(31-3)17(11-14)32-4/h5,7,11H,6,8-10H2,1-4H3,(H,25,30). The number of carbonyl (C=O) groups is 1. The van der Waals surface area contributed by atoms with Crippen LogP contribution in [0, 0.1) is 13.8 Å². The molecule has 172 valence electrons. The molecule has 0 unspecified atom stereocenters. The molecule has 3 rings (SSSR count). The van der Waals surface area contributed by atoms with E-state index in [1.807, 2.05) is 12.1 Å². The number of ether oxygens (including phenoxy) is 2. The van der Waals surface area contributed by atoms with Gasteiger partial charge in [0.15, 0.2) is 11.5 Å². The van der Waals surface area contributed by atoms with E-state index >= 15 is 0 Å². The van der Waals surface area contributed by atoms with Crippen LogP contribution in [0.4, 0.5) is 13.2 Å². The Labute approximate surface area is 182 Å². The molecular formula is C21H24F3N5O3. The van der Waals surface area contributed by atoms with Crippen molar-refractivity contribution >= 4 is 11.7 Å². The van der Waals surface area contributed by atoms with E-state index in [2.05, 4.69) is 20.4 Å². The van der Waals surface area contributed by atoms with Crippen molar-refractivity contribution in [2.75, 3.05) is 20.8 Å². The van der Waals surface area contributed by atoms with Gasteiger partial charge >= 0.3 is 6.18 Å². The van der Waals surface area contributed by atoms with Gasteiger partial charge in [-0.15, -0.1) is 5.10 Å². The minimum absolute atomic E-state index is 0.115. The van der Waals surface area contributed by atoms with Crippen LogP contribution in [0.1, 0.15) is 34.8 Å². The van der Waals surface area contributed by atoms with Crippen molar-refractivity contribution in [3.05, 3.63) is 46.5 Å². The molecule has 8 nitrogen and oxygen atoms in total. The molecule has 0 aliphatic carbocycles. The molecule has 32 heavy (non-hydrogen) atoms. The molecule has 11 heteroatoms. The van der Waals surface area contributed by atoms with Crippen molar-refractivity contribution in [3.63, 3.8) is 0 Å². The van der Waals surface area contributed by atoms with Crippen LogP contribution in [0.15, 0.2) is 18.2 Å². The molecule has 0 saturated heterocycles. The molecule has 0 radical (unpaired) electrons. The van der Waals surface area contributed by atoms with Gasteiger partial charge in [0, 0.05) is 24.4 Å². The summed E-state index contributed by atoms with van der Waals surface area (Å²) in [5, 5.41) is 6.37. The number of nitrogens with one attached hydrogen (secondary N) is 1. The first kappa shape index (κ1) is 23.3. The van der Waals surface area contributed by atoms with E-state index in [0.29, 0.717) is 47.8 Å². The van der Waals surface area contributed by atoms with E-state index in [-0.39, 0.29) is 18.1 Å². The fourth-order valence-corrected chi connectivity index (χ4v) is 3.40. The van der Waals surface area contributed by atoms with Crippen LogP contribution in [0.2, 0.25) is 0 Å². The minimum atomic E-state index is -4.65. The lowest BCUT2D eigenvalue weighted by Crippen LogP contribution is -2.26. The number of rotatable bonds is 8. The van der Waals surface area contributed by atoms with E-state index in [0.717, 1.165) is 10.1 Å². The van der Waals surface area contributed by atoms with Gasteiger partial charge in [-0.1, -0.05) is 6.07 Å². The van der Waals surface area contributed by atoms with E-state index in [1.54, 1.807) is 34.1 Å². The molecule has 1 aromatic carbocycles. The third kappa shape index (κ3) is 5.09. The topological polar surface area (TPSA) is 90.6 Å². The number of nitrogens with zero attached hydrogens (tertiary/aromatic N) is 4. The summed E-state index contributed by atoms with van der Waals surface area (Å²) >= 11 is 0. The molecule has 0 aliphatic heterocycles. The van der Waals surface area contributed by atoms with Gasteiger partial charge in [-0.05, 0) is 49.9 Å². The summed E-state index contributed by atoms with van der Waals surface area (Å²) in [6, 6.07) is 5.55. The molecule has 2 heterocycles. The smallest absolute Gasteiger partial charge is 0.453 e. The van der Waals surface area contributed by atoms with Gasteiger partial charge in [0.2, 0.25) is 5.91 Å². The maximum absolute atomic E-state index is 12.9. The molecule has 0 bridgehead atoms. The van der Waals surface area contributed by atoms with Crippen molar-refractivity contribution in [1.82, 2.24) is 24.9 Å². The van der Waals surface area contributed by atoms with Crippen molar-refractivity contribution in [2.45, 2.75) is 39.3 Å². The number of aryl methyl sites for hydroxylation is 2. The zero-order chi connectivity index (χ0) is 23.5. The number of carbonyl (C=O) groups excluding carboxylic acids is 1. The minimum Gasteiger partial charge on any atom is -0.493 e. The Balaban J connectivity index is 1.60. The fourth-order valence-electron chi connectivity index (χ4n) is 3.40. The number of methoxy groups -OCH3 is 2. The Kier molecular flexibility index (Phi) is 6.85. The molecule has 0 atom stereocenters. The van der Waals surface area contributed by atoms with Gasteiger partial charge in [-0.2, -0.15) is 18.2 Å². The predicted octanol–water partition coefficient (Wildman–Crippen LogP) is 3.07. The SMILES string of the molecule is COc1ccc(CCNC(=O)CCc2c(C)nc3nc(C(F)(F)F)nn3c2C)cc1OC. The summed E-state index contributed by atoms with van der Waals surface area (Å²) < 4.78 is 50.3. The zero-order valence-electron chi connectivity index (χ0n) is 18.2. The Hall–Kier alpha value is -3.37. The zero-order valence-corrected chi connectivity index (χ0v) is 18.2. The van der Waals surface area contributed by atoms with Gasteiger partial charge in [-0.3, -0.25) is 4.79 Å². The lowest BCUT2D eigenvalue weighted by Gasteiger charge is -2.11. The van der Waals surface area contributed by atoms with Crippen LogP contribution < -0.4 is 14.8 Å². The number of hydrogen-bond acceptors (Lipinski definition) is 6. The lowest BCUT2D eigenvalue weighted by atomic mass is 10.1. The number of fused-ring (bicyclic) bond motifs is 1. The third-order valence-corrected chi connectivity index (χ3v) is 5.09. The molecule has 0 spiro atoms. The summed E-state index contributed by atoms with van der Waals surface area (Å²) in [6.07, 6.45) is -3.55. The van der Waals surface area contributed by atoms with Crippen LogP contribution in [-0.2, 0) is 23.8 Å². The highest BCUT2D eigenvalue weighted by molar-refractivity contribution is 5.76. The van der Waals surface area contributed by atoms with Crippen LogP contribution in [0.5, 0.6) is 11.5 Å². The van der Waals surface area contributed by atoms with Crippen molar-refractivity contribution in [2.24, 2.45) is 0 Å². The first-order valence-corrected chi connectivity index (χ1v) is 9.91. The van der Waals surface area contributed by atoms with Crippen LogP contribution >= 0.6 is 0 Å². The molecular weight excluding hydrogens is 427 g/mol. The number of halogens is 3. The lowest BCUT2D eigenvalue weighted by molar-refractivity contribution is -0.144. The monoisotopic (exact) mass is 451 g/mol. The van der Waals surface area contributed by atoms with Crippen LogP contribution in [0.25, 0.3) is 5.78 Å². The first-order chi connectivity index (χ1) is 15.1. The fraction of sp³-hybridized carbons (Fsp3) is 0.429. The molecule has 3 aromatic rings. The Morgan fingerprint density at radius 3 is 2.47 bits per heavy atom. The van der Waals surface area contributed by atoms with Gasteiger partial charge in [0.25, 0.3) is 11.6 Å². The average Bonchev–Trinajstić information content (AvgIpc) is 3.18. The third-order valence-electron chi connectivity index (χ3n) is 5.09. The van der Waals surface area contributed by atoms with Crippen LogP contribution in [0.3, 0.4) is 0 Å². The first-order valence-electron chi connectivity index (χ1n) is 9.91. The van der Waals surface area contributed by atoms with E-state index in [9.17, 15) is 18.0 Å². The summed E-state index contributed by atoms with van der Waals surface area (Å²) in [4.78, 5) is 19.9. The van der Waals surface area contributed by atoms with Crippen molar-refractivity contribution < 1.29 is 27.4 Å². The Morgan fingerprint density at radius 1 is 1.09 bits per heavy atom. The molecule has 1 N–H and O–H groups in total. The maximum atomic E-state index is 12.9. The second-order valence-electron chi connectivity index (χ2n) is 7.20. The Morgan fingerprint density at radius 2 is 1.81 bits per heavy atom. The highest BCUT2D eigenvalue weighted by Crippen LogP contribution is 2.28. The quantitative estimate of drug-likeness (QED) is 0.566. The van der Waals surface area contributed by atoms with E-state index < -0.39 is 12.0 Å². The summed E-state index contributed by atoms with van der Waals surface area (Å²) in [5.41, 5.74) is 2.66. The van der Waals surface area contributed by atoms with Gasteiger partial charge in [-0.25, -0.2) is 9.50 Å². The molecule has 2 aromatic heterocycles. The van der Waals surface area contributed by atoms with Crippen molar-refractivity contribution in [1.29, 1.82) is 0 Å². The normalized spacial score (nSPS) is 11.6. The second kappa shape index (κ2) is 9.41. The summed E-state index contributed by atoms with van der Waals surface area (Å²) in [7, 11) is 3.12. The molecule has 1 amide bonds. The van der Waals surface area contributed by atoms with Gasteiger partial charge in [0.1, 0.15) is 0 Å². The van der Waals surface area contributed by atoms with E-state index in [1.165, 1.54) is 0 Å².